The molecule has 0 spiro atoms. The number of benzene rings is 10. The first-order valence-electron chi connectivity index (χ1n) is 19.9. The van der Waals surface area contributed by atoms with E-state index in [1.165, 1.54) is 76.3 Å². The van der Waals surface area contributed by atoms with Gasteiger partial charge in [-0.3, -0.25) is 4.98 Å². The topological polar surface area (TPSA) is 25.8 Å². The van der Waals surface area contributed by atoms with Crippen molar-refractivity contribution in [1.82, 2.24) is 9.97 Å². The van der Waals surface area contributed by atoms with Crippen molar-refractivity contribution < 1.29 is 0 Å². The summed E-state index contributed by atoms with van der Waals surface area (Å²) in [4.78, 5) is 10.2. The lowest BCUT2D eigenvalue weighted by Crippen LogP contribution is -1.95. The van der Waals surface area contributed by atoms with Crippen LogP contribution >= 0.6 is 0 Å². The van der Waals surface area contributed by atoms with Crippen molar-refractivity contribution in [2.45, 2.75) is 0 Å². The first kappa shape index (κ1) is 32.6. The van der Waals surface area contributed by atoms with Gasteiger partial charge in [0.15, 0.2) is 0 Å². The van der Waals surface area contributed by atoms with Gasteiger partial charge in [-0.1, -0.05) is 164 Å². The molecule has 0 N–H and O–H groups in total. The number of rotatable bonds is 4. The second kappa shape index (κ2) is 12.9. The minimum absolute atomic E-state index is 0.944. The summed E-state index contributed by atoms with van der Waals surface area (Å²) in [7, 11) is 0. The van der Waals surface area contributed by atoms with E-state index in [2.05, 4.69) is 199 Å². The van der Waals surface area contributed by atoms with Crippen LogP contribution in [0.3, 0.4) is 0 Å². The van der Waals surface area contributed by atoms with E-state index in [0.717, 1.165) is 44.0 Å². The van der Waals surface area contributed by atoms with Crippen LogP contribution in [0.25, 0.3) is 120 Å². The lowest BCUT2D eigenvalue weighted by atomic mass is 9.86. The van der Waals surface area contributed by atoms with E-state index in [-0.39, 0.29) is 0 Å². The highest BCUT2D eigenvalue weighted by Gasteiger charge is 2.20. The van der Waals surface area contributed by atoms with E-state index in [9.17, 15) is 0 Å². The zero-order chi connectivity index (χ0) is 38.2. The molecule has 2 heterocycles. The van der Waals surface area contributed by atoms with E-state index in [1.807, 2.05) is 12.3 Å². The standard InChI is InChI=1S/C56H34N2/c1-3-15-39-37(13-1)31-49(44-19-7-5-17-42(39)44)51-33-53-52(50-32-38-14-2-4-16-40(38)43-18-6-8-20-45(43)50)34-55(58-56(53)48-23-10-9-21-46(48)51)36-27-25-35(26-28-36)41-29-30-57-54-24-12-11-22-47(41)54/h1-34H. The van der Waals surface area contributed by atoms with Crippen LogP contribution in [0.15, 0.2) is 206 Å². The van der Waals surface area contributed by atoms with E-state index in [1.54, 1.807) is 0 Å². The summed E-state index contributed by atoms with van der Waals surface area (Å²) in [5.41, 5.74) is 11.1. The van der Waals surface area contributed by atoms with Gasteiger partial charge >= 0.3 is 0 Å². The Kier molecular flexibility index (Phi) is 7.26. The number of aromatic nitrogens is 2. The molecule has 12 rings (SSSR count). The summed E-state index contributed by atoms with van der Waals surface area (Å²) < 4.78 is 0. The zero-order valence-corrected chi connectivity index (χ0v) is 31.5. The number of hydrogen-bond donors (Lipinski definition) is 0. The van der Waals surface area contributed by atoms with Crippen LogP contribution in [0.2, 0.25) is 0 Å². The van der Waals surface area contributed by atoms with E-state index >= 15 is 0 Å². The Labute approximate surface area is 335 Å². The van der Waals surface area contributed by atoms with Crippen molar-refractivity contribution in [3.8, 4) is 44.6 Å². The van der Waals surface area contributed by atoms with Crippen LogP contribution in [0.5, 0.6) is 0 Å². The van der Waals surface area contributed by atoms with Gasteiger partial charge in [0.1, 0.15) is 0 Å². The quantitative estimate of drug-likeness (QED) is 0.168. The Balaban J connectivity index is 1.17. The Morgan fingerprint density at radius 1 is 0.276 bits per heavy atom. The Hall–Kier alpha value is -7.68. The smallest absolute Gasteiger partial charge is 0.0794 e. The van der Waals surface area contributed by atoms with Crippen molar-refractivity contribution in [3.05, 3.63) is 206 Å². The summed E-state index contributed by atoms with van der Waals surface area (Å²) in [6, 6.07) is 72.8. The van der Waals surface area contributed by atoms with Gasteiger partial charge < -0.3 is 0 Å². The third-order valence-corrected chi connectivity index (χ3v) is 12.1. The van der Waals surface area contributed by atoms with Gasteiger partial charge in [-0.2, -0.15) is 0 Å². The highest BCUT2D eigenvalue weighted by molar-refractivity contribution is 6.23. The fourth-order valence-corrected chi connectivity index (χ4v) is 9.37. The van der Waals surface area contributed by atoms with Gasteiger partial charge in [0.25, 0.3) is 0 Å². The van der Waals surface area contributed by atoms with Gasteiger partial charge in [-0.15, -0.1) is 0 Å². The largest absolute Gasteiger partial charge is 0.256 e. The second-order valence-electron chi connectivity index (χ2n) is 15.3. The van der Waals surface area contributed by atoms with Crippen LogP contribution in [0.4, 0.5) is 0 Å². The van der Waals surface area contributed by atoms with Gasteiger partial charge in [-0.05, 0) is 118 Å². The molecule has 0 fully saturated rings. The number of pyridine rings is 2. The van der Waals surface area contributed by atoms with Gasteiger partial charge in [0.05, 0.1) is 16.7 Å². The second-order valence-corrected chi connectivity index (χ2v) is 15.3. The molecule has 0 amide bonds. The lowest BCUT2D eigenvalue weighted by molar-refractivity contribution is 1.40. The molecule has 10 aromatic carbocycles. The van der Waals surface area contributed by atoms with Crippen molar-refractivity contribution in [1.29, 1.82) is 0 Å². The molecule has 0 saturated heterocycles. The molecule has 2 nitrogen and oxygen atoms in total. The minimum atomic E-state index is 0.944. The maximum Gasteiger partial charge on any atom is 0.0794 e. The van der Waals surface area contributed by atoms with Crippen LogP contribution in [-0.4, -0.2) is 9.97 Å². The zero-order valence-electron chi connectivity index (χ0n) is 31.5. The van der Waals surface area contributed by atoms with Gasteiger partial charge in [0.2, 0.25) is 0 Å². The monoisotopic (exact) mass is 734 g/mol. The predicted octanol–water partition coefficient (Wildman–Crippen LogP) is 15.2. The van der Waals surface area contributed by atoms with Crippen molar-refractivity contribution in [2.24, 2.45) is 0 Å². The molecule has 58 heavy (non-hydrogen) atoms. The number of para-hydroxylation sites is 1. The minimum Gasteiger partial charge on any atom is -0.256 e. The lowest BCUT2D eigenvalue weighted by Gasteiger charge is -2.19. The van der Waals surface area contributed by atoms with E-state index < -0.39 is 0 Å². The van der Waals surface area contributed by atoms with Crippen LogP contribution in [0, 0.1) is 0 Å². The highest BCUT2D eigenvalue weighted by Crippen LogP contribution is 2.45. The molecule has 0 bridgehead atoms. The summed E-state index contributed by atoms with van der Waals surface area (Å²) in [5, 5.41) is 14.6. The number of nitrogens with zero attached hydrogens (tertiary/aromatic N) is 2. The Bertz CT molecular complexity index is 3610. The molecular formula is C56H34N2. The molecule has 0 aliphatic heterocycles. The van der Waals surface area contributed by atoms with Crippen molar-refractivity contribution in [3.63, 3.8) is 0 Å². The maximum atomic E-state index is 5.59. The molecule has 0 aliphatic rings. The molecule has 0 unspecified atom stereocenters. The highest BCUT2D eigenvalue weighted by atomic mass is 14.7. The Morgan fingerprint density at radius 2 is 0.724 bits per heavy atom. The molecular weight excluding hydrogens is 701 g/mol. The average Bonchev–Trinajstić information content (AvgIpc) is 3.30. The van der Waals surface area contributed by atoms with Crippen molar-refractivity contribution in [2.75, 3.05) is 0 Å². The fourth-order valence-electron chi connectivity index (χ4n) is 9.37. The molecule has 0 aliphatic carbocycles. The fraction of sp³-hybridized carbons (Fsp3) is 0. The maximum absolute atomic E-state index is 5.59. The number of hydrogen-bond acceptors (Lipinski definition) is 2. The summed E-state index contributed by atoms with van der Waals surface area (Å²) >= 11 is 0. The van der Waals surface area contributed by atoms with E-state index in [4.69, 9.17) is 4.98 Å². The third kappa shape index (κ3) is 5.05. The predicted molar refractivity (Wildman–Crippen MR) is 246 cm³/mol. The van der Waals surface area contributed by atoms with Gasteiger partial charge in [0, 0.05) is 27.9 Å². The molecule has 0 radical (unpaired) electrons. The summed E-state index contributed by atoms with van der Waals surface area (Å²) in [5.74, 6) is 0. The Morgan fingerprint density at radius 3 is 1.34 bits per heavy atom. The molecule has 12 aromatic rings. The van der Waals surface area contributed by atoms with E-state index in [0.29, 0.717) is 0 Å². The number of fused-ring (bicyclic) bond motifs is 10. The van der Waals surface area contributed by atoms with Crippen LogP contribution in [0.1, 0.15) is 0 Å². The van der Waals surface area contributed by atoms with Crippen molar-refractivity contribution >= 4 is 75.7 Å². The van der Waals surface area contributed by atoms with Crippen LogP contribution in [-0.2, 0) is 0 Å². The first-order chi connectivity index (χ1) is 28.8. The third-order valence-electron chi connectivity index (χ3n) is 12.1. The first-order valence-corrected chi connectivity index (χ1v) is 19.9. The SMILES string of the molecule is c1ccc2c(c1)cc(-c1cc3c(-c4cc5ccccc5c5ccccc45)cc(-c4ccc(-c5ccnc6ccccc56)cc4)nc3c3ccccc13)c1ccccc12. The molecule has 0 saturated carbocycles. The normalized spacial score (nSPS) is 11.8. The molecule has 0 atom stereocenters. The summed E-state index contributed by atoms with van der Waals surface area (Å²) in [6.07, 6.45) is 1.90. The molecule has 268 valence electrons. The molecule has 2 heteroatoms. The summed E-state index contributed by atoms with van der Waals surface area (Å²) in [6.45, 7) is 0. The molecule has 2 aromatic heterocycles. The van der Waals surface area contributed by atoms with Crippen LogP contribution < -0.4 is 0 Å². The van der Waals surface area contributed by atoms with Gasteiger partial charge in [-0.25, -0.2) is 4.98 Å². The average molecular weight is 735 g/mol.